The average molecular weight is 442 g/mol. The molecular formula is C24H31N3O3S. The third kappa shape index (κ3) is 8.38. The molecule has 0 radical (unpaired) electrons. The SMILES string of the molecule is CC(C)CCOc1cccc(C(=O)NC(=S)Nc2ccccc2C(=O)NC(C)(C)C)c1. The Bertz CT molecular complexity index is 936. The van der Waals surface area contributed by atoms with Crippen molar-refractivity contribution in [2.24, 2.45) is 5.92 Å². The van der Waals surface area contributed by atoms with Gasteiger partial charge in [-0.1, -0.05) is 32.0 Å². The van der Waals surface area contributed by atoms with Crippen LogP contribution < -0.4 is 20.7 Å². The van der Waals surface area contributed by atoms with Crippen LogP contribution in [0.5, 0.6) is 5.75 Å². The number of thiocarbonyl (C=S) groups is 1. The van der Waals surface area contributed by atoms with Gasteiger partial charge < -0.3 is 15.4 Å². The van der Waals surface area contributed by atoms with E-state index in [1.54, 1.807) is 42.5 Å². The van der Waals surface area contributed by atoms with Gasteiger partial charge in [0.05, 0.1) is 17.9 Å². The van der Waals surface area contributed by atoms with E-state index >= 15 is 0 Å². The predicted molar refractivity (Wildman–Crippen MR) is 129 cm³/mol. The van der Waals surface area contributed by atoms with Gasteiger partial charge in [0, 0.05) is 11.1 Å². The van der Waals surface area contributed by atoms with Crippen molar-refractivity contribution in [1.29, 1.82) is 0 Å². The van der Waals surface area contributed by atoms with E-state index in [2.05, 4.69) is 29.8 Å². The molecule has 31 heavy (non-hydrogen) atoms. The van der Waals surface area contributed by atoms with Crippen molar-refractivity contribution in [3.05, 3.63) is 59.7 Å². The summed E-state index contributed by atoms with van der Waals surface area (Å²) in [7, 11) is 0. The highest BCUT2D eigenvalue weighted by Gasteiger charge is 2.18. The zero-order valence-electron chi connectivity index (χ0n) is 18.7. The molecule has 2 rings (SSSR count). The number of para-hydroxylation sites is 1. The number of carbonyl (C=O) groups is 2. The molecule has 0 bridgehead atoms. The fourth-order valence-electron chi connectivity index (χ4n) is 2.67. The van der Waals surface area contributed by atoms with Crippen LogP contribution in [0, 0.1) is 5.92 Å². The zero-order valence-corrected chi connectivity index (χ0v) is 19.6. The third-order valence-corrected chi connectivity index (χ3v) is 4.40. The lowest BCUT2D eigenvalue weighted by molar-refractivity contribution is 0.0919. The fourth-order valence-corrected chi connectivity index (χ4v) is 2.87. The molecular weight excluding hydrogens is 410 g/mol. The Morgan fingerprint density at radius 3 is 2.42 bits per heavy atom. The number of nitrogens with one attached hydrogen (secondary N) is 3. The predicted octanol–water partition coefficient (Wildman–Crippen LogP) is 4.77. The van der Waals surface area contributed by atoms with E-state index in [0.29, 0.717) is 35.1 Å². The van der Waals surface area contributed by atoms with Crippen molar-refractivity contribution < 1.29 is 14.3 Å². The molecule has 3 N–H and O–H groups in total. The Hall–Kier alpha value is -2.93. The molecule has 0 saturated carbocycles. The Balaban J connectivity index is 2.02. The van der Waals surface area contributed by atoms with E-state index in [9.17, 15) is 9.59 Å². The van der Waals surface area contributed by atoms with E-state index < -0.39 is 0 Å². The second-order valence-electron chi connectivity index (χ2n) is 8.72. The van der Waals surface area contributed by atoms with Gasteiger partial charge in [-0.15, -0.1) is 0 Å². The van der Waals surface area contributed by atoms with Crippen molar-refractivity contribution in [3.63, 3.8) is 0 Å². The fraction of sp³-hybridized carbons (Fsp3) is 0.375. The summed E-state index contributed by atoms with van der Waals surface area (Å²) in [4.78, 5) is 25.2. The summed E-state index contributed by atoms with van der Waals surface area (Å²) in [5.41, 5.74) is 1.01. The normalized spacial score (nSPS) is 11.0. The Kier molecular flexibility index (Phi) is 8.56. The molecule has 0 aliphatic rings. The average Bonchev–Trinajstić information content (AvgIpc) is 2.67. The molecule has 0 fully saturated rings. The maximum atomic E-state index is 12.6. The lowest BCUT2D eigenvalue weighted by Crippen LogP contribution is -2.41. The number of rotatable bonds is 7. The van der Waals surface area contributed by atoms with Gasteiger partial charge in [0.15, 0.2) is 5.11 Å². The summed E-state index contributed by atoms with van der Waals surface area (Å²) in [5.74, 6) is 0.596. The van der Waals surface area contributed by atoms with Gasteiger partial charge in [0.1, 0.15) is 5.75 Å². The number of hydrogen-bond acceptors (Lipinski definition) is 4. The quantitative estimate of drug-likeness (QED) is 0.540. The molecule has 0 unspecified atom stereocenters. The van der Waals surface area contributed by atoms with Crippen molar-refractivity contribution in [3.8, 4) is 5.75 Å². The monoisotopic (exact) mass is 441 g/mol. The molecule has 0 heterocycles. The van der Waals surface area contributed by atoms with Crippen molar-refractivity contribution >= 4 is 34.8 Å². The van der Waals surface area contributed by atoms with Crippen LogP contribution in [0.15, 0.2) is 48.5 Å². The minimum Gasteiger partial charge on any atom is -0.494 e. The first-order valence-electron chi connectivity index (χ1n) is 10.3. The summed E-state index contributed by atoms with van der Waals surface area (Å²) in [6.07, 6.45) is 0.937. The van der Waals surface area contributed by atoms with Crippen LogP contribution in [0.3, 0.4) is 0 Å². The molecule has 0 aliphatic heterocycles. The molecule has 2 aromatic carbocycles. The van der Waals surface area contributed by atoms with Crippen LogP contribution in [0.4, 0.5) is 5.69 Å². The first-order valence-corrected chi connectivity index (χ1v) is 10.7. The molecule has 7 heteroatoms. The Labute approximate surface area is 189 Å². The standard InChI is InChI=1S/C24H31N3O3S/c1-16(2)13-14-30-18-10-8-9-17(15-18)21(28)26-23(31)25-20-12-7-6-11-19(20)22(29)27-24(3,4)5/h6-12,15-16H,13-14H2,1-5H3,(H,27,29)(H2,25,26,28,31). The molecule has 0 aliphatic carbocycles. The maximum absolute atomic E-state index is 12.6. The lowest BCUT2D eigenvalue weighted by Gasteiger charge is -2.21. The van der Waals surface area contributed by atoms with Crippen LogP contribution in [0.25, 0.3) is 0 Å². The van der Waals surface area contributed by atoms with Gasteiger partial charge in [-0.05, 0) is 75.7 Å². The van der Waals surface area contributed by atoms with Crippen LogP contribution in [-0.2, 0) is 0 Å². The van der Waals surface area contributed by atoms with E-state index in [1.165, 1.54) is 0 Å². The lowest BCUT2D eigenvalue weighted by atomic mass is 10.1. The minimum atomic E-state index is -0.374. The molecule has 166 valence electrons. The van der Waals surface area contributed by atoms with Gasteiger partial charge in [-0.3, -0.25) is 14.9 Å². The number of hydrogen-bond donors (Lipinski definition) is 3. The molecule has 0 atom stereocenters. The van der Waals surface area contributed by atoms with Gasteiger partial charge in [0.25, 0.3) is 11.8 Å². The van der Waals surface area contributed by atoms with Crippen LogP contribution in [0.2, 0.25) is 0 Å². The highest BCUT2D eigenvalue weighted by atomic mass is 32.1. The first kappa shape index (κ1) is 24.3. The van der Waals surface area contributed by atoms with E-state index in [1.807, 2.05) is 26.8 Å². The Morgan fingerprint density at radius 2 is 1.74 bits per heavy atom. The molecule has 2 aromatic rings. The molecule has 0 saturated heterocycles. The Morgan fingerprint density at radius 1 is 1.03 bits per heavy atom. The summed E-state index contributed by atoms with van der Waals surface area (Å²) in [6.45, 7) is 10.6. The maximum Gasteiger partial charge on any atom is 0.257 e. The van der Waals surface area contributed by atoms with Crippen LogP contribution >= 0.6 is 12.2 Å². The number of benzene rings is 2. The van der Waals surface area contributed by atoms with Gasteiger partial charge in [0.2, 0.25) is 0 Å². The zero-order chi connectivity index (χ0) is 23.0. The van der Waals surface area contributed by atoms with E-state index in [0.717, 1.165) is 6.42 Å². The summed E-state index contributed by atoms with van der Waals surface area (Å²) in [5, 5.41) is 8.63. The van der Waals surface area contributed by atoms with Crippen molar-refractivity contribution in [2.45, 2.75) is 46.6 Å². The highest BCUT2D eigenvalue weighted by molar-refractivity contribution is 7.80. The van der Waals surface area contributed by atoms with Gasteiger partial charge in [-0.25, -0.2) is 0 Å². The minimum absolute atomic E-state index is 0.104. The second kappa shape index (κ2) is 10.9. The van der Waals surface area contributed by atoms with Crippen molar-refractivity contribution in [1.82, 2.24) is 10.6 Å². The molecule has 0 spiro atoms. The highest BCUT2D eigenvalue weighted by Crippen LogP contribution is 2.17. The topological polar surface area (TPSA) is 79.5 Å². The van der Waals surface area contributed by atoms with Crippen LogP contribution in [-0.4, -0.2) is 29.1 Å². The number of anilines is 1. The van der Waals surface area contributed by atoms with E-state index in [4.69, 9.17) is 17.0 Å². The number of carbonyl (C=O) groups excluding carboxylic acids is 2. The molecule has 2 amide bonds. The van der Waals surface area contributed by atoms with Crippen molar-refractivity contribution in [2.75, 3.05) is 11.9 Å². The third-order valence-electron chi connectivity index (χ3n) is 4.20. The largest absolute Gasteiger partial charge is 0.494 e. The van der Waals surface area contributed by atoms with Crippen LogP contribution in [0.1, 0.15) is 61.8 Å². The summed E-state index contributed by atoms with van der Waals surface area (Å²) >= 11 is 5.29. The van der Waals surface area contributed by atoms with Gasteiger partial charge >= 0.3 is 0 Å². The summed E-state index contributed by atoms with van der Waals surface area (Å²) in [6, 6.07) is 14.0. The van der Waals surface area contributed by atoms with Gasteiger partial charge in [-0.2, -0.15) is 0 Å². The smallest absolute Gasteiger partial charge is 0.257 e. The molecule has 6 nitrogen and oxygen atoms in total. The first-order chi connectivity index (χ1) is 14.5. The number of ether oxygens (including phenoxy) is 1. The summed E-state index contributed by atoms with van der Waals surface area (Å²) < 4.78 is 5.72. The molecule has 0 aromatic heterocycles. The number of amides is 2. The second-order valence-corrected chi connectivity index (χ2v) is 9.13. The van der Waals surface area contributed by atoms with E-state index in [-0.39, 0.29) is 22.5 Å².